The maximum absolute atomic E-state index is 11.8. The minimum Gasteiger partial charge on any atom is -0.462 e. The largest absolute Gasteiger partial charge is 0.462 e. The summed E-state index contributed by atoms with van der Waals surface area (Å²) in [7, 11) is 0. The standard InChI is InChI=1S/C13H16N2O3/c1-2-18-11(16)9-4-3-5-10(8-9)15-12(17)13(14)6-7-13/h3-5,8H,2,6-7,14H2,1H3,(H,15,17). The summed E-state index contributed by atoms with van der Waals surface area (Å²) >= 11 is 0. The minimum absolute atomic E-state index is 0.205. The van der Waals surface area contributed by atoms with Crippen LogP contribution in [0.5, 0.6) is 0 Å². The highest BCUT2D eigenvalue weighted by molar-refractivity contribution is 6.01. The number of amides is 1. The van der Waals surface area contributed by atoms with Crippen LogP contribution in [-0.4, -0.2) is 24.0 Å². The molecule has 3 N–H and O–H groups in total. The molecule has 0 heterocycles. The van der Waals surface area contributed by atoms with Gasteiger partial charge in [0.1, 0.15) is 0 Å². The van der Waals surface area contributed by atoms with E-state index in [1.807, 2.05) is 0 Å². The summed E-state index contributed by atoms with van der Waals surface area (Å²) in [6.45, 7) is 2.07. The lowest BCUT2D eigenvalue weighted by molar-refractivity contribution is -0.118. The smallest absolute Gasteiger partial charge is 0.338 e. The number of carbonyl (C=O) groups excluding carboxylic acids is 2. The summed E-state index contributed by atoms with van der Waals surface area (Å²) in [4.78, 5) is 23.3. The molecule has 18 heavy (non-hydrogen) atoms. The zero-order chi connectivity index (χ0) is 13.2. The van der Waals surface area contributed by atoms with Gasteiger partial charge in [0, 0.05) is 5.69 Å². The van der Waals surface area contributed by atoms with Crippen LogP contribution in [0.2, 0.25) is 0 Å². The van der Waals surface area contributed by atoms with Gasteiger partial charge in [-0.2, -0.15) is 0 Å². The van der Waals surface area contributed by atoms with Crippen molar-refractivity contribution in [2.24, 2.45) is 5.73 Å². The molecule has 0 bridgehead atoms. The van der Waals surface area contributed by atoms with E-state index in [4.69, 9.17) is 10.5 Å². The monoisotopic (exact) mass is 248 g/mol. The lowest BCUT2D eigenvalue weighted by Gasteiger charge is -2.10. The number of nitrogens with one attached hydrogen (secondary N) is 1. The fourth-order valence-corrected chi connectivity index (χ4v) is 1.56. The van der Waals surface area contributed by atoms with Gasteiger partial charge in [0.25, 0.3) is 0 Å². The molecule has 1 fully saturated rings. The first-order valence-corrected chi connectivity index (χ1v) is 5.93. The topological polar surface area (TPSA) is 81.4 Å². The number of ether oxygens (including phenoxy) is 1. The molecule has 0 aromatic heterocycles. The van der Waals surface area contributed by atoms with Gasteiger partial charge in [-0.15, -0.1) is 0 Å². The Balaban J connectivity index is 2.07. The molecule has 96 valence electrons. The van der Waals surface area contributed by atoms with Gasteiger partial charge in [0.2, 0.25) is 5.91 Å². The average molecular weight is 248 g/mol. The van der Waals surface area contributed by atoms with Crippen LogP contribution < -0.4 is 11.1 Å². The third kappa shape index (κ3) is 2.68. The molecule has 2 rings (SSSR count). The second kappa shape index (κ2) is 4.78. The third-order valence-electron chi connectivity index (χ3n) is 2.87. The number of nitrogens with two attached hydrogens (primary N) is 1. The Morgan fingerprint density at radius 2 is 2.17 bits per heavy atom. The first kappa shape index (κ1) is 12.6. The number of carbonyl (C=O) groups is 2. The summed E-state index contributed by atoms with van der Waals surface area (Å²) in [5.41, 5.74) is 6.03. The molecule has 1 aromatic carbocycles. The van der Waals surface area contributed by atoms with Crippen LogP contribution in [-0.2, 0) is 9.53 Å². The van der Waals surface area contributed by atoms with Gasteiger partial charge in [-0.25, -0.2) is 4.79 Å². The zero-order valence-corrected chi connectivity index (χ0v) is 10.2. The molecule has 1 saturated carbocycles. The molecule has 0 spiro atoms. The fourth-order valence-electron chi connectivity index (χ4n) is 1.56. The quantitative estimate of drug-likeness (QED) is 0.787. The Morgan fingerprint density at radius 3 is 2.78 bits per heavy atom. The van der Waals surface area contributed by atoms with Crippen molar-refractivity contribution in [3.05, 3.63) is 29.8 Å². The van der Waals surface area contributed by atoms with Gasteiger partial charge < -0.3 is 15.8 Å². The van der Waals surface area contributed by atoms with E-state index < -0.39 is 11.5 Å². The van der Waals surface area contributed by atoms with Crippen LogP contribution in [0.4, 0.5) is 5.69 Å². The molecule has 0 radical (unpaired) electrons. The molecule has 1 amide bonds. The van der Waals surface area contributed by atoms with Crippen LogP contribution in [0.15, 0.2) is 24.3 Å². The highest BCUT2D eigenvalue weighted by atomic mass is 16.5. The van der Waals surface area contributed by atoms with Gasteiger partial charge >= 0.3 is 5.97 Å². The van der Waals surface area contributed by atoms with E-state index in [0.717, 1.165) is 0 Å². The molecule has 5 nitrogen and oxygen atoms in total. The molecule has 0 aliphatic heterocycles. The van der Waals surface area contributed by atoms with Crippen molar-refractivity contribution in [1.29, 1.82) is 0 Å². The summed E-state index contributed by atoms with van der Waals surface area (Å²) in [5, 5.41) is 2.71. The highest BCUT2D eigenvalue weighted by Gasteiger charge is 2.45. The van der Waals surface area contributed by atoms with Gasteiger partial charge in [0.15, 0.2) is 0 Å². The molecule has 0 atom stereocenters. The number of rotatable bonds is 4. The van der Waals surface area contributed by atoms with E-state index in [0.29, 0.717) is 30.7 Å². The summed E-state index contributed by atoms with van der Waals surface area (Å²) in [6, 6.07) is 6.63. The number of esters is 1. The molecular weight excluding hydrogens is 232 g/mol. The molecule has 0 saturated heterocycles. The van der Waals surface area contributed by atoms with Crippen LogP contribution in [0.1, 0.15) is 30.1 Å². The Kier molecular flexibility index (Phi) is 3.34. The van der Waals surface area contributed by atoms with E-state index >= 15 is 0 Å². The molecular formula is C13H16N2O3. The number of hydrogen-bond donors (Lipinski definition) is 2. The predicted octanol–water partition coefficient (Wildman–Crippen LogP) is 1.29. The Bertz CT molecular complexity index is 481. The van der Waals surface area contributed by atoms with Crippen molar-refractivity contribution in [2.45, 2.75) is 25.3 Å². The van der Waals surface area contributed by atoms with E-state index in [1.165, 1.54) is 0 Å². The summed E-state index contributed by atoms with van der Waals surface area (Å²) in [5.74, 6) is -0.606. The Hall–Kier alpha value is -1.88. The van der Waals surface area contributed by atoms with Gasteiger partial charge in [-0.3, -0.25) is 4.79 Å². The minimum atomic E-state index is -0.722. The summed E-state index contributed by atoms with van der Waals surface area (Å²) < 4.78 is 4.89. The maximum Gasteiger partial charge on any atom is 0.338 e. The summed E-state index contributed by atoms with van der Waals surface area (Å²) in [6.07, 6.45) is 1.41. The molecule has 5 heteroatoms. The lowest BCUT2D eigenvalue weighted by Crippen LogP contribution is -2.37. The van der Waals surface area contributed by atoms with Crippen molar-refractivity contribution in [2.75, 3.05) is 11.9 Å². The first-order chi connectivity index (χ1) is 8.55. The van der Waals surface area contributed by atoms with Crippen molar-refractivity contribution in [3.63, 3.8) is 0 Å². The molecule has 1 aromatic rings. The third-order valence-corrected chi connectivity index (χ3v) is 2.87. The van der Waals surface area contributed by atoms with E-state index in [-0.39, 0.29) is 5.91 Å². The second-order valence-corrected chi connectivity index (χ2v) is 4.41. The van der Waals surface area contributed by atoms with Crippen LogP contribution in [0.25, 0.3) is 0 Å². The number of benzene rings is 1. The number of anilines is 1. The van der Waals surface area contributed by atoms with Crippen molar-refractivity contribution in [1.82, 2.24) is 0 Å². The molecule has 0 unspecified atom stereocenters. The van der Waals surface area contributed by atoms with Crippen molar-refractivity contribution in [3.8, 4) is 0 Å². The predicted molar refractivity (Wildman–Crippen MR) is 67.2 cm³/mol. The van der Waals surface area contributed by atoms with Crippen LogP contribution in [0.3, 0.4) is 0 Å². The first-order valence-electron chi connectivity index (χ1n) is 5.93. The zero-order valence-electron chi connectivity index (χ0n) is 10.2. The maximum atomic E-state index is 11.8. The SMILES string of the molecule is CCOC(=O)c1cccc(NC(=O)C2(N)CC2)c1. The van der Waals surface area contributed by atoms with Crippen molar-refractivity contribution >= 4 is 17.6 Å². The number of hydrogen-bond acceptors (Lipinski definition) is 4. The van der Waals surface area contributed by atoms with Gasteiger partial charge in [-0.05, 0) is 38.0 Å². The van der Waals surface area contributed by atoms with E-state index in [9.17, 15) is 9.59 Å². The van der Waals surface area contributed by atoms with Crippen molar-refractivity contribution < 1.29 is 14.3 Å². The van der Waals surface area contributed by atoms with Gasteiger partial charge in [-0.1, -0.05) is 6.07 Å². The second-order valence-electron chi connectivity index (χ2n) is 4.41. The van der Waals surface area contributed by atoms with E-state index in [2.05, 4.69) is 5.32 Å². The normalized spacial score (nSPS) is 15.9. The lowest BCUT2D eigenvalue weighted by atomic mass is 10.2. The Labute approximate surface area is 105 Å². The van der Waals surface area contributed by atoms with E-state index in [1.54, 1.807) is 31.2 Å². The molecule has 1 aliphatic rings. The van der Waals surface area contributed by atoms with Gasteiger partial charge in [0.05, 0.1) is 17.7 Å². The van der Waals surface area contributed by atoms with Crippen LogP contribution >= 0.6 is 0 Å². The Morgan fingerprint density at radius 1 is 1.44 bits per heavy atom. The highest BCUT2D eigenvalue weighted by Crippen LogP contribution is 2.33. The molecule has 1 aliphatic carbocycles. The average Bonchev–Trinajstić information content (AvgIpc) is 3.09. The van der Waals surface area contributed by atoms with Crippen LogP contribution in [0, 0.1) is 0 Å². The fraction of sp³-hybridized carbons (Fsp3) is 0.385.